The molecule has 2 atom stereocenters. The van der Waals surface area contributed by atoms with E-state index < -0.39 is 12.1 Å². The molecule has 1 aliphatic carbocycles. The van der Waals surface area contributed by atoms with Gasteiger partial charge in [0.05, 0.1) is 0 Å². The zero-order valence-electron chi connectivity index (χ0n) is 10.1. The number of ether oxygens (including phenoxy) is 1. The maximum atomic E-state index is 10.8. The molecule has 0 aromatic heterocycles. The minimum absolute atomic E-state index is 0.355. The average molecular weight is 235 g/mol. The molecule has 0 amide bonds. The number of hydrogen-bond acceptors (Lipinski definition) is 3. The van der Waals surface area contributed by atoms with Crippen molar-refractivity contribution in [2.24, 2.45) is 0 Å². The lowest BCUT2D eigenvalue weighted by molar-refractivity contribution is -0.144. The van der Waals surface area contributed by atoms with E-state index in [1.165, 1.54) is 5.56 Å². The van der Waals surface area contributed by atoms with Gasteiger partial charge in [-0.3, -0.25) is 0 Å². The van der Waals surface area contributed by atoms with Crippen LogP contribution in [-0.4, -0.2) is 24.2 Å². The number of hydrogen-bond donors (Lipinski definition) is 2. The van der Waals surface area contributed by atoms with Gasteiger partial charge < -0.3 is 15.2 Å². The van der Waals surface area contributed by atoms with E-state index in [4.69, 9.17) is 9.84 Å². The molecule has 0 heterocycles. The SMILES string of the molecule is CNC1CCc2c(OC(C)C(=O)O)cccc21. The van der Waals surface area contributed by atoms with Crippen molar-refractivity contribution in [2.75, 3.05) is 7.05 Å². The number of rotatable bonds is 4. The third kappa shape index (κ3) is 2.26. The topological polar surface area (TPSA) is 58.6 Å². The summed E-state index contributed by atoms with van der Waals surface area (Å²) in [5.74, 6) is -0.235. The molecular formula is C13H17NO3. The molecule has 1 aromatic rings. The molecule has 4 nitrogen and oxygen atoms in total. The summed E-state index contributed by atoms with van der Waals surface area (Å²) in [5.41, 5.74) is 2.36. The summed E-state index contributed by atoms with van der Waals surface area (Å²) in [4.78, 5) is 10.8. The van der Waals surface area contributed by atoms with E-state index in [-0.39, 0.29) is 0 Å². The number of aliphatic carboxylic acids is 1. The Morgan fingerprint density at radius 2 is 2.35 bits per heavy atom. The van der Waals surface area contributed by atoms with E-state index >= 15 is 0 Å². The lowest BCUT2D eigenvalue weighted by atomic mass is 10.1. The van der Waals surface area contributed by atoms with E-state index in [9.17, 15) is 4.79 Å². The van der Waals surface area contributed by atoms with Crippen LogP contribution in [0.5, 0.6) is 5.75 Å². The van der Waals surface area contributed by atoms with Crippen LogP contribution in [0.15, 0.2) is 18.2 Å². The first kappa shape index (κ1) is 11.9. The van der Waals surface area contributed by atoms with Crippen molar-refractivity contribution in [3.8, 4) is 5.75 Å². The molecule has 0 saturated carbocycles. The zero-order valence-corrected chi connectivity index (χ0v) is 10.1. The number of fused-ring (bicyclic) bond motifs is 1. The second-order valence-electron chi connectivity index (χ2n) is 4.30. The maximum absolute atomic E-state index is 10.8. The van der Waals surface area contributed by atoms with Crippen molar-refractivity contribution in [1.82, 2.24) is 5.32 Å². The molecule has 0 aliphatic heterocycles. The van der Waals surface area contributed by atoms with Gasteiger partial charge in [0.25, 0.3) is 0 Å². The largest absolute Gasteiger partial charge is 0.479 e. The molecule has 2 unspecified atom stereocenters. The van der Waals surface area contributed by atoms with Crippen LogP contribution in [0.25, 0.3) is 0 Å². The Labute approximate surface area is 101 Å². The molecule has 2 rings (SSSR count). The quantitative estimate of drug-likeness (QED) is 0.834. The fraction of sp³-hybridized carbons (Fsp3) is 0.462. The Balaban J connectivity index is 2.25. The van der Waals surface area contributed by atoms with Crippen LogP contribution < -0.4 is 10.1 Å². The maximum Gasteiger partial charge on any atom is 0.344 e. The Morgan fingerprint density at radius 3 is 3.00 bits per heavy atom. The van der Waals surface area contributed by atoms with Crippen molar-refractivity contribution in [3.63, 3.8) is 0 Å². The van der Waals surface area contributed by atoms with E-state index in [1.54, 1.807) is 6.92 Å². The first-order valence-corrected chi connectivity index (χ1v) is 5.82. The van der Waals surface area contributed by atoms with Crippen LogP contribution >= 0.6 is 0 Å². The molecule has 1 aliphatic rings. The van der Waals surface area contributed by atoms with Crippen LogP contribution in [0.2, 0.25) is 0 Å². The van der Waals surface area contributed by atoms with Crippen molar-refractivity contribution in [2.45, 2.75) is 31.9 Å². The highest BCUT2D eigenvalue weighted by Crippen LogP contribution is 2.36. The monoisotopic (exact) mass is 235 g/mol. The van der Waals surface area contributed by atoms with Gasteiger partial charge in [0.2, 0.25) is 0 Å². The predicted octanol–water partition coefficient (Wildman–Crippen LogP) is 1.75. The molecule has 2 N–H and O–H groups in total. The molecular weight excluding hydrogens is 218 g/mol. The Bertz CT molecular complexity index is 431. The van der Waals surface area contributed by atoms with E-state index in [0.29, 0.717) is 11.8 Å². The molecule has 0 radical (unpaired) electrons. The normalized spacial score (nSPS) is 19.8. The van der Waals surface area contributed by atoms with Gasteiger partial charge in [-0.1, -0.05) is 12.1 Å². The van der Waals surface area contributed by atoms with E-state index in [2.05, 4.69) is 11.4 Å². The highest BCUT2D eigenvalue weighted by atomic mass is 16.5. The van der Waals surface area contributed by atoms with E-state index in [0.717, 1.165) is 18.4 Å². The highest BCUT2D eigenvalue weighted by molar-refractivity contribution is 5.72. The smallest absolute Gasteiger partial charge is 0.344 e. The molecule has 92 valence electrons. The standard InChI is InChI=1S/C13H17NO3/c1-8(13(15)16)17-12-5-3-4-9-10(12)6-7-11(9)14-2/h3-5,8,11,14H,6-7H2,1-2H3,(H,15,16). The van der Waals surface area contributed by atoms with Gasteiger partial charge in [-0.05, 0) is 44.0 Å². The van der Waals surface area contributed by atoms with Crippen molar-refractivity contribution < 1.29 is 14.6 Å². The number of carbonyl (C=O) groups is 1. The molecule has 0 bridgehead atoms. The number of carboxylic acids is 1. The fourth-order valence-electron chi connectivity index (χ4n) is 2.27. The third-order valence-corrected chi connectivity index (χ3v) is 3.23. The van der Waals surface area contributed by atoms with Crippen LogP contribution in [0.4, 0.5) is 0 Å². The van der Waals surface area contributed by atoms with Gasteiger partial charge >= 0.3 is 5.97 Å². The van der Waals surface area contributed by atoms with Crippen LogP contribution in [0.1, 0.15) is 30.5 Å². The second-order valence-corrected chi connectivity index (χ2v) is 4.30. The summed E-state index contributed by atoms with van der Waals surface area (Å²) >= 11 is 0. The summed E-state index contributed by atoms with van der Waals surface area (Å²) in [6.07, 6.45) is 1.16. The van der Waals surface area contributed by atoms with Crippen LogP contribution in [-0.2, 0) is 11.2 Å². The summed E-state index contributed by atoms with van der Waals surface area (Å²) in [5, 5.41) is 12.1. The Hall–Kier alpha value is -1.55. The summed E-state index contributed by atoms with van der Waals surface area (Å²) in [6.45, 7) is 1.55. The lowest BCUT2D eigenvalue weighted by Gasteiger charge is -2.15. The number of benzene rings is 1. The molecule has 0 spiro atoms. The number of nitrogens with one attached hydrogen (secondary N) is 1. The molecule has 0 saturated heterocycles. The molecule has 0 fully saturated rings. The van der Waals surface area contributed by atoms with Gasteiger partial charge in [0, 0.05) is 6.04 Å². The van der Waals surface area contributed by atoms with Gasteiger partial charge in [-0.15, -0.1) is 0 Å². The van der Waals surface area contributed by atoms with Gasteiger partial charge in [-0.2, -0.15) is 0 Å². The minimum Gasteiger partial charge on any atom is -0.479 e. The van der Waals surface area contributed by atoms with Gasteiger partial charge in [0.15, 0.2) is 6.10 Å². The third-order valence-electron chi connectivity index (χ3n) is 3.23. The average Bonchev–Trinajstić information content (AvgIpc) is 2.72. The minimum atomic E-state index is -0.939. The highest BCUT2D eigenvalue weighted by Gasteiger charge is 2.25. The number of carboxylic acid groups (broad SMARTS) is 1. The van der Waals surface area contributed by atoms with Gasteiger partial charge in [0.1, 0.15) is 5.75 Å². The fourth-order valence-corrected chi connectivity index (χ4v) is 2.27. The Kier molecular flexibility index (Phi) is 3.33. The Morgan fingerprint density at radius 1 is 1.59 bits per heavy atom. The van der Waals surface area contributed by atoms with Crippen LogP contribution in [0.3, 0.4) is 0 Å². The van der Waals surface area contributed by atoms with Crippen molar-refractivity contribution in [3.05, 3.63) is 29.3 Å². The van der Waals surface area contributed by atoms with Crippen molar-refractivity contribution >= 4 is 5.97 Å². The zero-order chi connectivity index (χ0) is 12.4. The summed E-state index contributed by atoms with van der Waals surface area (Å²) in [6, 6.07) is 6.19. The van der Waals surface area contributed by atoms with Crippen molar-refractivity contribution in [1.29, 1.82) is 0 Å². The first-order chi connectivity index (χ1) is 8.13. The van der Waals surface area contributed by atoms with Crippen LogP contribution in [0, 0.1) is 0 Å². The summed E-state index contributed by atoms with van der Waals surface area (Å²) < 4.78 is 5.48. The molecule has 1 aromatic carbocycles. The lowest BCUT2D eigenvalue weighted by Crippen LogP contribution is -2.23. The predicted molar refractivity (Wildman–Crippen MR) is 64.3 cm³/mol. The molecule has 17 heavy (non-hydrogen) atoms. The first-order valence-electron chi connectivity index (χ1n) is 5.82. The van der Waals surface area contributed by atoms with Gasteiger partial charge in [-0.25, -0.2) is 4.79 Å². The second kappa shape index (κ2) is 4.75. The summed E-state index contributed by atoms with van der Waals surface area (Å²) in [7, 11) is 1.94. The van der Waals surface area contributed by atoms with E-state index in [1.807, 2.05) is 19.2 Å². The molecule has 4 heteroatoms.